The lowest BCUT2D eigenvalue weighted by Crippen LogP contribution is -2.70. The van der Waals surface area contributed by atoms with Gasteiger partial charge in [0.05, 0.1) is 11.3 Å². The molecule has 1 amide bonds. The third-order valence-electron chi connectivity index (χ3n) is 9.22. The van der Waals surface area contributed by atoms with Gasteiger partial charge in [-0.15, -0.1) is 0 Å². The maximum absolute atomic E-state index is 12.8. The number of hydrogen-bond acceptors (Lipinski definition) is 11. The molecular formula is C28H36N2O12. The normalized spacial score (nSPS) is 36.6. The number of amides is 1. The van der Waals surface area contributed by atoms with Crippen molar-refractivity contribution in [3.05, 3.63) is 39.9 Å². The van der Waals surface area contributed by atoms with Gasteiger partial charge in [0, 0.05) is 36.8 Å². The number of rotatable bonds is 9. The van der Waals surface area contributed by atoms with E-state index in [0.29, 0.717) is 12.3 Å². The summed E-state index contributed by atoms with van der Waals surface area (Å²) in [6.45, 7) is 5.90. The van der Waals surface area contributed by atoms with Gasteiger partial charge in [0.15, 0.2) is 17.9 Å². The zero-order valence-corrected chi connectivity index (χ0v) is 23.6. The van der Waals surface area contributed by atoms with E-state index >= 15 is 0 Å². The first-order chi connectivity index (χ1) is 19.8. The zero-order chi connectivity index (χ0) is 30.4. The van der Waals surface area contributed by atoms with Crippen LogP contribution >= 0.6 is 0 Å². The van der Waals surface area contributed by atoms with E-state index in [1.54, 1.807) is 6.92 Å². The summed E-state index contributed by atoms with van der Waals surface area (Å²) < 4.78 is 18.1. The van der Waals surface area contributed by atoms with Crippen molar-refractivity contribution in [1.82, 2.24) is 5.32 Å². The summed E-state index contributed by atoms with van der Waals surface area (Å²) in [5.41, 5.74) is -1.22. The van der Waals surface area contributed by atoms with E-state index in [-0.39, 0.29) is 35.4 Å². The molecule has 14 heteroatoms. The molecule has 1 saturated carbocycles. The largest absolute Gasteiger partial charge is 0.480 e. The van der Waals surface area contributed by atoms with E-state index in [4.69, 9.17) is 24.0 Å². The number of nitrogens with zero attached hydrogens (tertiary/aromatic N) is 1. The van der Waals surface area contributed by atoms with Crippen LogP contribution in [0, 0.1) is 33.8 Å². The second kappa shape index (κ2) is 11.5. The van der Waals surface area contributed by atoms with Crippen molar-refractivity contribution >= 4 is 23.5 Å². The molecule has 14 nitrogen and oxygen atoms in total. The highest BCUT2D eigenvalue weighted by molar-refractivity contribution is 5.86. The maximum atomic E-state index is 12.8. The van der Waals surface area contributed by atoms with E-state index in [2.05, 4.69) is 12.2 Å². The molecule has 1 aliphatic carbocycles. The van der Waals surface area contributed by atoms with Crippen LogP contribution < -0.4 is 5.32 Å². The minimum Gasteiger partial charge on any atom is -0.480 e. The Balaban J connectivity index is 1.20. The van der Waals surface area contributed by atoms with Crippen molar-refractivity contribution in [2.24, 2.45) is 23.7 Å². The van der Waals surface area contributed by atoms with Crippen LogP contribution in [-0.2, 0) is 38.4 Å². The molecular weight excluding hydrogens is 556 g/mol. The molecule has 0 aromatic heterocycles. The molecule has 3 N–H and O–H groups in total. The average Bonchev–Trinajstić information content (AvgIpc) is 3.18. The fraction of sp³-hybridized carbons (Fsp3) is 0.679. The van der Waals surface area contributed by atoms with Crippen molar-refractivity contribution in [2.45, 2.75) is 95.4 Å². The third-order valence-corrected chi connectivity index (χ3v) is 9.22. The minimum atomic E-state index is -1.80. The number of carbonyl (C=O) groups is 3. The van der Waals surface area contributed by atoms with Gasteiger partial charge in [0.1, 0.15) is 6.10 Å². The molecule has 2 bridgehead atoms. The first-order valence-corrected chi connectivity index (χ1v) is 14.2. The molecule has 5 fully saturated rings. The Morgan fingerprint density at radius 3 is 2.64 bits per heavy atom. The average molecular weight is 593 g/mol. The predicted molar refractivity (Wildman–Crippen MR) is 140 cm³/mol. The molecule has 10 atom stereocenters. The molecule has 0 unspecified atom stereocenters. The summed E-state index contributed by atoms with van der Waals surface area (Å²) in [6.07, 6.45) is -1.06. The fourth-order valence-corrected chi connectivity index (χ4v) is 6.95. The number of ether oxygens (including phenoxy) is 3. The van der Waals surface area contributed by atoms with Crippen LogP contribution in [0.4, 0.5) is 5.69 Å². The van der Waals surface area contributed by atoms with Crippen LogP contribution in [0.25, 0.3) is 0 Å². The number of benzene rings is 1. The van der Waals surface area contributed by atoms with Gasteiger partial charge in [-0.05, 0) is 43.6 Å². The number of carboxylic acids is 1. The number of esters is 1. The van der Waals surface area contributed by atoms with Gasteiger partial charge in [-0.3, -0.25) is 19.7 Å². The molecule has 1 spiro atoms. The summed E-state index contributed by atoms with van der Waals surface area (Å²) in [5.74, 6) is -3.90. The number of aliphatic hydroxyl groups excluding tert-OH is 1. The number of hydrogen-bond donors (Lipinski definition) is 3. The summed E-state index contributed by atoms with van der Waals surface area (Å²) in [4.78, 5) is 59.3. The SMILES string of the molecule is C[C@H]1[C@H](OC(=O)CCC(=O)N[C@H](C(=O)O)[C@H](O)c2cccc([N+](=O)[O-])c2)O[C@@H]2O[C@]3(C)CC[C@H]4[C@H](C)CC[C@@H]1[C@]24OO3. The van der Waals surface area contributed by atoms with Gasteiger partial charge < -0.3 is 29.7 Å². The first-order valence-electron chi connectivity index (χ1n) is 14.2. The highest BCUT2D eigenvalue weighted by atomic mass is 17.3. The van der Waals surface area contributed by atoms with Gasteiger partial charge in [0.25, 0.3) is 5.69 Å². The van der Waals surface area contributed by atoms with E-state index in [1.807, 2.05) is 6.92 Å². The molecule has 0 radical (unpaired) electrons. The van der Waals surface area contributed by atoms with Crippen molar-refractivity contribution in [3.8, 4) is 0 Å². The number of aliphatic carboxylic acids is 1. The van der Waals surface area contributed by atoms with Crippen LogP contribution in [0.15, 0.2) is 24.3 Å². The maximum Gasteiger partial charge on any atom is 0.329 e. The molecule has 4 aliphatic heterocycles. The Labute approximate surface area is 241 Å². The lowest BCUT2D eigenvalue weighted by atomic mass is 9.58. The first kappa shape index (κ1) is 30.3. The van der Waals surface area contributed by atoms with Crippen LogP contribution in [0.1, 0.15) is 71.0 Å². The number of non-ortho nitro benzene ring substituents is 1. The summed E-state index contributed by atoms with van der Waals surface area (Å²) >= 11 is 0. The fourth-order valence-electron chi connectivity index (χ4n) is 6.95. The monoisotopic (exact) mass is 592 g/mol. The summed E-state index contributed by atoms with van der Waals surface area (Å²) in [7, 11) is 0. The number of carbonyl (C=O) groups excluding carboxylic acids is 2. The van der Waals surface area contributed by atoms with Crippen LogP contribution in [-0.4, -0.2) is 63.0 Å². The highest BCUT2D eigenvalue weighted by Crippen LogP contribution is 2.60. The van der Waals surface area contributed by atoms with E-state index < -0.39 is 65.3 Å². The van der Waals surface area contributed by atoms with Crippen molar-refractivity contribution in [1.29, 1.82) is 0 Å². The van der Waals surface area contributed by atoms with Crippen molar-refractivity contribution in [2.75, 3.05) is 0 Å². The molecule has 1 aromatic carbocycles. The number of fused-ring (bicyclic) bond motifs is 2. The molecule has 4 saturated heterocycles. The Morgan fingerprint density at radius 2 is 1.93 bits per heavy atom. The number of aliphatic hydroxyl groups is 1. The minimum absolute atomic E-state index is 0.0606. The molecule has 6 rings (SSSR count). The Hall–Kier alpha value is -3.17. The number of nitro groups is 1. The third kappa shape index (κ3) is 5.49. The number of nitro benzene ring substituents is 1. The zero-order valence-electron chi connectivity index (χ0n) is 23.6. The number of nitrogens with one attached hydrogen (secondary N) is 1. The highest BCUT2D eigenvalue weighted by Gasteiger charge is 2.69. The quantitative estimate of drug-likeness (QED) is 0.165. The van der Waals surface area contributed by atoms with Crippen LogP contribution in [0.3, 0.4) is 0 Å². The summed E-state index contributed by atoms with van der Waals surface area (Å²) in [5, 5.41) is 33.3. The second-order valence-corrected chi connectivity index (χ2v) is 11.9. The van der Waals surface area contributed by atoms with Gasteiger partial charge in [0.2, 0.25) is 18.0 Å². The van der Waals surface area contributed by atoms with E-state index in [0.717, 1.165) is 25.3 Å². The molecule has 1 aromatic rings. The lowest BCUT2D eigenvalue weighted by Gasteiger charge is -2.59. The van der Waals surface area contributed by atoms with Gasteiger partial charge in [-0.2, -0.15) is 0 Å². The topological polar surface area (TPSA) is 193 Å². The van der Waals surface area contributed by atoms with Gasteiger partial charge >= 0.3 is 11.9 Å². The predicted octanol–water partition coefficient (Wildman–Crippen LogP) is 2.73. The van der Waals surface area contributed by atoms with Crippen molar-refractivity contribution < 1.29 is 53.5 Å². The molecule has 5 aliphatic rings. The molecule has 4 heterocycles. The van der Waals surface area contributed by atoms with E-state index in [9.17, 15) is 34.7 Å². The van der Waals surface area contributed by atoms with Gasteiger partial charge in [-0.25, -0.2) is 14.6 Å². The smallest absolute Gasteiger partial charge is 0.329 e. The Bertz CT molecular complexity index is 1240. The standard InChI is InChI=1S/C28H36N2O12/c1-14-7-8-19-15(2)25(39-26-28(19)18(14)11-12-27(3,40-26)41-42-28)38-21(32)10-9-20(31)29-22(24(34)35)23(33)16-5-4-6-17(13-16)30(36)37/h4-6,13-15,18-19,22-23,25-26,33H,7-12H2,1-3H3,(H,29,31)(H,34,35)/t14-,15-,18+,19+,22+,23-,25-,26-,27+,28+/m1/s1. The summed E-state index contributed by atoms with van der Waals surface area (Å²) in [6, 6.07) is 3.01. The van der Waals surface area contributed by atoms with Crippen molar-refractivity contribution in [3.63, 3.8) is 0 Å². The molecule has 230 valence electrons. The van der Waals surface area contributed by atoms with Gasteiger partial charge in [-0.1, -0.05) is 26.0 Å². The second-order valence-electron chi connectivity index (χ2n) is 11.9. The number of carboxylic acid groups (broad SMARTS) is 1. The molecule has 42 heavy (non-hydrogen) atoms. The Morgan fingerprint density at radius 1 is 1.17 bits per heavy atom. The van der Waals surface area contributed by atoms with Crippen LogP contribution in [0.5, 0.6) is 0 Å². The lowest BCUT2D eigenvalue weighted by molar-refractivity contribution is -0.576. The van der Waals surface area contributed by atoms with Crippen LogP contribution in [0.2, 0.25) is 0 Å². The van der Waals surface area contributed by atoms with E-state index in [1.165, 1.54) is 18.2 Å². The Kier molecular flexibility index (Phi) is 8.29.